The van der Waals surface area contributed by atoms with Crippen LogP contribution in [0.1, 0.15) is 100 Å². The molecule has 0 bridgehead atoms. The first-order valence-electron chi connectivity index (χ1n) is 15.9. The second kappa shape index (κ2) is 15.1. The highest BCUT2D eigenvalue weighted by molar-refractivity contribution is 7.84. The number of amides is 1. The zero-order chi connectivity index (χ0) is 31.1. The molecular formula is C35H49ClN2O4S. The Hall–Kier alpha value is -2.35. The number of halogens is 1. The van der Waals surface area contributed by atoms with Gasteiger partial charge >= 0.3 is 0 Å². The van der Waals surface area contributed by atoms with Gasteiger partial charge in [0.25, 0.3) is 5.91 Å². The van der Waals surface area contributed by atoms with Gasteiger partial charge in [-0.25, -0.2) is 4.21 Å². The molecule has 1 aliphatic carbocycles. The average molecular weight is 629 g/mol. The second-order valence-electron chi connectivity index (χ2n) is 12.6. The van der Waals surface area contributed by atoms with E-state index in [1.165, 1.54) is 11.1 Å². The number of hydrogen-bond donors (Lipinski definition) is 2. The van der Waals surface area contributed by atoms with Gasteiger partial charge in [0.1, 0.15) is 16.7 Å². The molecule has 0 aromatic heterocycles. The monoisotopic (exact) mass is 628 g/mol. The van der Waals surface area contributed by atoms with Crippen LogP contribution in [0, 0.1) is 11.8 Å². The third kappa shape index (κ3) is 8.03. The Labute approximate surface area is 265 Å². The highest BCUT2D eigenvalue weighted by atomic mass is 35.5. The van der Waals surface area contributed by atoms with Crippen LogP contribution in [0.4, 0.5) is 5.69 Å². The number of carbonyl (C=O) groups excluding carboxylic acids is 1. The number of fused-ring (bicyclic) bond motifs is 1. The van der Waals surface area contributed by atoms with Crippen LogP contribution in [0.15, 0.2) is 49.1 Å². The standard InChI is InChI=1S/C35H49ClN2O4S/c1-6-9-18-35(40,17-8-3)31-15-11-27(31)21-38-22-28(30-14-13-29(36)19-25(30)10-7-2)23-42-33-16-12-26(20-32(33)38)34(39)37-43(41)24(4)5/h8,12-14,16,19-20,24,27-28,31,40H,3,6-7,9-11,15,17-18,21-23H2,1-2,4-5H3,(H,37,39)/t27?,28?,31?,35-,43?/m0/s1. The van der Waals surface area contributed by atoms with Crippen LogP contribution in [0.5, 0.6) is 5.75 Å². The number of carbonyl (C=O) groups is 1. The third-order valence-corrected chi connectivity index (χ3v) is 10.6. The zero-order valence-corrected chi connectivity index (χ0v) is 27.8. The summed E-state index contributed by atoms with van der Waals surface area (Å²) in [6, 6.07) is 11.6. The summed E-state index contributed by atoms with van der Waals surface area (Å²) in [6.45, 7) is 13.9. The third-order valence-electron chi connectivity index (χ3n) is 9.15. The number of aryl methyl sites for hydroxylation is 1. The van der Waals surface area contributed by atoms with Crippen LogP contribution >= 0.6 is 11.6 Å². The van der Waals surface area contributed by atoms with E-state index in [1.54, 1.807) is 6.07 Å². The minimum absolute atomic E-state index is 0.0996. The van der Waals surface area contributed by atoms with Crippen molar-refractivity contribution in [2.45, 2.75) is 95.8 Å². The van der Waals surface area contributed by atoms with E-state index in [1.807, 2.05) is 38.1 Å². The SMILES string of the molecule is C=CC[C@](O)(CCCC)C1CCC1CN1CC(c2ccc(Cl)cc2CCC)COc2ccc(C(=O)NS(=O)C(C)C)cc21. The van der Waals surface area contributed by atoms with E-state index in [2.05, 4.69) is 42.2 Å². The Balaban J connectivity index is 1.69. The number of nitrogens with zero attached hydrogens (tertiary/aromatic N) is 1. The van der Waals surface area contributed by atoms with Crippen molar-refractivity contribution in [2.24, 2.45) is 11.8 Å². The van der Waals surface area contributed by atoms with Crippen molar-refractivity contribution >= 4 is 34.2 Å². The summed E-state index contributed by atoms with van der Waals surface area (Å²) in [4.78, 5) is 15.5. The van der Waals surface area contributed by atoms with Crippen LogP contribution in [0.3, 0.4) is 0 Å². The second-order valence-corrected chi connectivity index (χ2v) is 14.8. The normalized spacial score (nSPS) is 22.0. The molecule has 1 aliphatic heterocycles. The quantitative estimate of drug-likeness (QED) is 0.211. The molecule has 1 amide bonds. The van der Waals surface area contributed by atoms with E-state index in [-0.39, 0.29) is 23.0 Å². The number of ether oxygens (including phenoxy) is 1. The first-order chi connectivity index (χ1) is 20.6. The smallest absolute Gasteiger partial charge is 0.263 e. The highest BCUT2D eigenvalue weighted by Gasteiger charge is 2.46. The van der Waals surface area contributed by atoms with Crippen molar-refractivity contribution < 1.29 is 18.8 Å². The number of aliphatic hydroxyl groups is 1. The first-order valence-corrected chi connectivity index (χ1v) is 17.5. The summed E-state index contributed by atoms with van der Waals surface area (Å²) in [5, 5.41) is 12.4. The number of hydrogen-bond acceptors (Lipinski definition) is 5. The Kier molecular flexibility index (Phi) is 11.8. The van der Waals surface area contributed by atoms with Crippen LogP contribution < -0.4 is 14.4 Å². The number of nitrogens with one attached hydrogen (secondary N) is 1. The van der Waals surface area contributed by atoms with Crippen LogP contribution in [0.2, 0.25) is 5.02 Å². The maximum atomic E-state index is 13.1. The summed E-state index contributed by atoms with van der Waals surface area (Å²) in [7, 11) is -1.47. The lowest BCUT2D eigenvalue weighted by molar-refractivity contribution is -0.0856. The zero-order valence-electron chi connectivity index (χ0n) is 26.2. The summed E-state index contributed by atoms with van der Waals surface area (Å²) in [5.41, 5.74) is 3.05. The average Bonchev–Trinajstić information content (AvgIpc) is 3.13. The number of benzene rings is 2. The van der Waals surface area contributed by atoms with Gasteiger partial charge in [-0.05, 0) is 99.2 Å². The van der Waals surface area contributed by atoms with Gasteiger partial charge in [-0.3, -0.25) is 9.52 Å². The van der Waals surface area contributed by atoms with Gasteiger partial charge in [-0.1, -0.05) is 56.9 Å². The number of rotatable bonds is 14. The summed E-state index contributed by atoms with van der Waals surface area (Å²) >= 11 is 6.41. The Morgan fingerprint density at radius 2 is 2.02 bits per heavy atom. The molecule has 2 aliphatic rings. The molecule has 5 atom stereocenters. The Bertz CT molecular complexity index is 1300. The van der Waals surface area contributed by atoms with E-state index < -0.39 is 16.6 Å². The summed E-state index contributed by atoms with van der Waals surface area (Å²) < 4.78 is 21.5. The van der Waals surface area contributed by atoms with Crippen molar-refractivity contribution in [1.82, 2.24) is 4.72 Å². The van der Waals surface area contributed by atoms with E-state index in [0.29, 0.717) is 31.1 Å². The van der Waals surface area contributed by atoms with E-state index in [0.717, 1.165) is 68.0 Å². The van der Waals surface area contributed by atoms with E-state index >= 15 is 0 Å². The van der Waals surface area contributed by atoms with Gasteiger partial charge in [0, 0.05) is 34.8 Å². The number of anilines is 1. The fourth-order valence-corrected chi connectivity index (χ4v) is 7.40. The molecule has 0 saturated heterocycles. The predicted octanol–water partition coefficient (Wildman–Crippen LogP) is 7.60. The molecule has 4 unspecified atom stereocenters. The largest absolute Gasteiger partial charge is 0.491 e. The molecule has 2 aromatic carbocycles. The summed E-state index contributed by atoms with van der Waals surface area (Å²) in [5.74, 6) is 0.967. The molecule has 1 heterocycles. The molecule has 8 heteroatoms. The molecule has 1 fully saturated rings. The lowest BCUT2D eigenvalue weighted by atomic mass is 9.62. The van der Waals surface area contributed by atoms with Gasteiger partial charge in [-0.15, -0.1) is 6.58 Å². The fourth-order valence-electron chi connectivity index (χ4n) is 6.67. The van der Waals surface area contributed by atoms with Crippen molar-refractivity contribution in [3.8, 4) is 5.75 Å². The Morgan fingerprint density at radius 1 is 1.23 bits per heavy atom. The first kappa shape index (κ1) is 33.5. The van der Waals surface area contributed by atoms with Crippen LogP contribution in [-0.4, -0.2) is 45.8 Å². The molecule has 2 aromatic rings. The van der Waals surface area contributed by atoms with Crippen molar-refractivity contribution in [2.75, 3.05) is 24.6 Å². The maximum absolute atomic E-state index is 13.1. The molecule has 43 heavy (non-hydrogen) atoms. The van der Waals surface area contributed by atoms with Crippen molar-refractivity contribution in [3.63, 3.8) is 0 Å². The molecule has 1 saturated carbocycles. The minimum Gasteiger partial charge on any atom is -0.491 e. The number of unbranched alkanes of at least 4 members (excludes halogenated alkanes) is 1. The van der Waals surface area contributed by atoms with Gasteiger partial charge in [0.2, 0.25) is 0 Å². The van der Waals surface area contributed by atoms with Crippen molar-refractivity contribution in [3.05, 3.63) is 70.8 Å². The molecule has 6 nitrogen and oxygen atoms in total. The fraction of sp³-hybridized carbons (Fsp3) is 0.571. The predicted molar refractivity (Wildman–Crippen MR) is 179 cm³/mol. The topological polar surface area (TPSA) is 78.9 Å². The van der Waals surface area contributed by atoms with E-state index in [9.17, 15) is 14.1 Å². The molecule has 0 radical (unpaired) electrons. The van der Waals surface area contributed by atoms with Gasteiger partial charge < -0.3 is 14.7 Å². The van der Waals surface area contributed by atoms with Gasteiger partial charge in [0.15, 0.2) is 0 Å². The van der Waals surface area contributed by atoms with Gasteiger partial charge in [-0.2, -0.15) is 0 Å². The van der Waals surface area contributed by atoms with E-state index in [4.69, 9.17) is 16.3 Å². The molecule has 236 valence electrons. The van der Waals surface area contributed by atoms with Gasteiger partial charge in [0.05, 0.1) is 17.9 Å². The molecule has 0 spiro atoms. The lowest BCUT2D eigenvalue weighted by Crippen LogP contribution is -2.51. The summed E-state index contributed by atoms with van der Waals surface area (Å²) in [6.07, 6.45) is 9.27. The van der Waals surface area contributed by atoms with Crippen LogP contribution in [0.25, 0.3) is 0 Å². The Morgan fingerprint density at radius 3 is 2.67 bits per heavy atom. The minimum atomic E-state index is -1.47. The maximum Gasteiger partial charge on any atom is 0.263 e. The molecule has 2 N–H and O–H groups in total. The lowest BCUT2D eigenvalue weighted by Gasteiger charge is -2.49. The van der Waals surface area contributed by atoms with Crippen molar-refractivity contribution in [1.29, 1.82) is 0 Å². The molecular weight excluding hydrogens is 580 g/mol. The van der Waals surface area contributed by atoms with Crippen LogP contribution in [-0.2, 0) is 17.4 Å². The highest BCUT2D eigenvalue weighted by Crippen LogP contribution is 2.47. The molecule has 4 rings (SSSR count).